The molecule has 2 aromatic rings. The third-order valence-corrected chi connectivity index (χ3v) is 6.43. The first-order chi connectivity index (χ1) is 14.0. The molecule has 0 aliphatic heterocycles. The first-order valence-corrected chi connectivity index (χ1v) is 11.0. The second kappa shape index (κ2) is 9.92. The van der Waals surface area contributed by atoms with Gasteiger partial charge >= 0.3 is 0 Å². The predicted octanol–water partition coefficient (Wildman–Crippen LogP) is 5.27. The van der Waals surface area contributed by atoms with Gasteiger partial charge in [0.2, 0.25) is 5.91 Å². The summed E-state index contributed by atoms with van der Waals surface area (Å²) in [5.41, 5.74) is 1.45. The van der Waals surface area contributed by atoms with Gasteiger partial charge in [-0.15, -0.1) is 11.8 Å². The minimum Gasteiger partial charge on any atom is -0.342 e. The number of hydrogen-bond acceptors (Lipinski definition) is 3. The molecule has 0 spiro atoms. The van der Waals surface area contributed by atoms with Crippen molar-refractivity contribution in [2.45, 2.75) is 50.0 Å². The number of anilines is 1. The van der Waals surface area contributed by atoms with E-state index in [0.717, 1.165) is 18.4 Å². The number of halogens is 1. The van der Waals surface area contributed by atoms with Gasteiger partial charge in [-0.05, 0) is 49.6 Å². The van der Waals surface area contributed by atoms with Crippen molar-refractivity contribution in [2.24, 2.45) is 0 Å². The normalized spacial score (nSPS) is 14.4. The summed E-state index contributed by atoms with van der Waals surface area (Å²) in [6.45, 7) is 1.84. The molecule has 29 heavy (non-hydrogen) atoms. The van der Waals surface area contributed by atoms with Gasteiger partial charge in [0.25, 0.3) is 5.91 Å². The lowest BCUT2D eigenvalue weighted by Crippen LogP contribution is -2.39. The number of carbonyl (C=O) groups excluding carboxylic acids is 2. The molecule has 1 saturated carbocycles. The molecule has 0 heterocycles. The molecule has 0 bridgehead atoms. The number of nitrogens with one attached hydrogen (secondary N) is 1. The number of rotatable bonds is 6. The molecule has 2 aromatic carbocycles. The number of carbonyl (C=O) groups is 2. The van der Waals surface area contributed by atoms with Crippen molar-refractivity contribution in [2.75, 3.05) is 18.1 Å². The third kappa shape index (κ3) is 5.60. The Bertz CT molecular complexity index is 881. The lowest BCUT2D eigenvalue weighted by Gasteiger charge is -2.31. The predicted molar refractivity (Wildman–Crippen MR) is 116 cm³/mol. The fraction of sp³-hybridized carbons (Fsp3) is 0.391. The molecular formula is C23H27FN2O2S. The molecule has 2 amide bonds. The highest BCUT2D eigenvalue weighted by atomic mass is 32.2. The van der Waals surface area contributed by atoms with Crippen LogP contribution in [0.2, 0.25) is 0 Å². The monoisotopic (exact) mass is 414 g/mol. The molecule has 1 N–H and O–H groups in total. The summed E-state index contributed by atoms with van der Waals surface area (Å²) < 4.78 is 14.0. The lowest BCUT2D eigenvalue weighted by atomic mass is 9.94. The van der Waals surface area contributed by atoms with E-state index in [0.29, 0.717) is 16.5 Å². The van der Waals surface area contributed by atoms with Gasteiger partial charge in [0.15, 0.2) is 0 Å². The van der Waals surface area contributed by atoms with E-state index in [4.69, 9.17) is 0 Å². The Morgan fingerprint density at radius 1 is 1.14 bits per heavy atom. The van der Waals surface area contributed by atoms with Gasteiger partial charge in [0.05, 0.1) is 17.0 Å². The van der Waals surface area contributed by atoms with Crippen LogP contribution in [0.15, 0.2) is 47.4 Å². The average molecular weight is 415 g/mol. The SMILES string of the molecule is Cc1ccc(F)c(NC(=O)c2ccccc2SCC(=O)N(C)C2CCCCC2)c1. The number of thioether (sulfide) groups is 1. The van der Waals surface area contributed by atoms with E-state index in [1.807, 2.05) is 31.0 Å². The Morgan fingerprint density at radius 3 is 2.62 bits per heavy atom. The lowest BCUT2D eigenvalue weighted by molar-refractivity contribution is -0.129. The second-order valence-corrected chi connectivity index (χ2v) is 8.54. The minimum atomic E-state index is -0.474. The van der Waals surface area contributed by atoms with Crippen LogP contribution in [0.3, 0.4) is 0 Å². The van der Waals surface area contributed by atoms with Crippen LogP contribution in [-0.4, -0.2) is 35.6 Å². The highest BCUT2D eigenvalue weighted by Gasteiger charge is 2.22. The van der Waals surface area contributed by atoms with Gasteiger partial charge in [-0.1, -0.05) is 37.5 Å². The van der Waals surface area contributed by atoms with Crippen molar-refractivity contribution in [3.63, 3.8) is 0 Å². The van der Waals surface area contributed by atoms with Crippen LogP contribution in [0.25, 0.3) is 0 Å². The van der Waals surface area contributed by atoms with Crippen molar-refractivity contribution in [3.8, 4) is 0 Å². The quantitative estimate of drug-likeness (QED) is 0.655. The summed E-state index contributed by atoms with van der Waals surface area (Å²) in [5, 5.41) is 2.65. The van der Waals surface area contributed by atoms with Gasteiger partial charge in [0.1, 0.15) is 5.82 Å². The second-order valence-electron chi connectivity index (χ2n) is 7.52. The summed E-state index contributed by atoms with van der Waals surface area (Å²) in [6, 6.07) is 12.0. The number of amides is 2. The Labute approximate surface area is 175 Å². The van der Waals surface area contributed by atoms with Crippen LogP contribution in [0, 0.1) is 12.7 Å². The van der Waals surface area contributed by atoms with E-state index < -0.39 is 5.82 Å². The number of nitrogens with zero attached hydrogens (tertiary/aromatic N) is 1. The molecule has 3 rings (SSSR count). The maximum atomic E-state index is 14.0. The Hall–Kier alpha value is -2.34. The fourth-order valence-corrected chi connectivity index (χ4v) is 4.59. The van der Waals surface area contributed by atoms with Crippen LogP contribution in [0.4, 0.5) is 10.1 Å². The first kappa shape index (κ1) is 21.4. The molecule has 1 fully saturated rings. The topological polar surface area (TPSA) is 49.4 Å². The summed E-state index contributed by atoms with van der Waals surface area (Å²) in [7, 11) is 1.87. The van der Waals surface area contributed by atoms with Crippen LogP contribution < -0.4 is 5.32 Å². The standard InChI is InChI=1S/C23H27FN2O2S/c1-16-12-13-19(24)20(14-16)25-23(28)18-10-6-7-11-21(18)29-15-22(27)26(2)17-8-4-3-5-9-17/h6-7,10-14,17H,3-5,8-9,15H2,1-2H3,(H,25,28). The third-order valence-electron chi connectivity index (χ3n) is 5.37. The number of benzene rings is 2. The zero-order chi connectivity index (χ0) is 20.8. The van der Waals surface area contributed by atoms with Gasteiger partial charge in [-0.2, -0.15) is 0 Å². The Kier molecular flexibility index (Phi) is 7.31. The van der Waals surface area contributed by atoms with E-state index in [1.165, 1.54) is 37.1 Å². The van der Waals surface area contributed by atoms with Gasteiger partial charge in [0, 0.05) is 18.0 Å². The molecule has 6 heteroatoms. The summed E-state index contributed by atoms with van der Waals surface area (Å²) >= 11 is 1.35. The molecule has 0 atom stereocenters. The van der Waals surface area contributed by atoms with Gasteiger partial charge < -0.3 is 10.2 Å². The average Bonchev–Trinajstić information content (AvgIpc) is 2.74. The van der Waals surface area contributed by atoms with E-state index >= 15 is 0 Å². The molecule has 0 saturated heterocycles. The molecule has 1 aliphatic carbocycles. The van der Waals surface area contributed by atoms with E-state index in [9.17, 15) is 14.0 Å². The Balaban J connectivity index is 1.66. The molecule has 1 aliphatic rings. The summed E-state index contributed by atoms with van der Waals surface area (Å²) in [4.78, 5) is 27.9. The van der Waals surface area contributed by atoms with Gasteiger partial charge in [-0.3, -0.25) is 9.59 Å². The van der Waals surface area contributed by atoms with Crippen molar-refractivity contribution in [1.29, 1.82) is 0 Å². The summed E-state index contributed by atoms with van der Waals surface area (Å²) in [6.07, 6.45) is 5.72. The van der Waals surface area contributed by atoms with E-state index in [2.05, 4.69) is 5.32 Å². The van der Waals surface area contributed by atoms with Crippen LogP contribution >= 0.6 is 11.8 Å². The number of aryl methyl sites for hydroxylation is 1. The molecular weight excluding hydrogens is 387 g/mol. The maximum Gasteiger partial charge on any atom is 0.256 e. The Morgan fingerprint density at radius 2 is 1.86 bits per heavy atom. The highest BCUT2D eigenvalue weighted by molar-refractivity contribution is 8.00. The van der Waals surface area contributed by atoms with Gasteiger partial charge in [-0.25, -0.2) is 4.39 Å². The largest absolute Gasteiger partial charge is 0.342 e. The van der Waals surface area contributed by atoms with Crippen molar-refractivity contribution < 1.29 is 14.0 Å². The minimum absolute atomic E-state index is 0.0711. The van der Waals surface area contributed by atoms with E-state index in [1.54, 1.807) is 24.3 Å². The van der Waals surface area contributed by atoms with E-state index in [-0.39, 0.29) is 23.3 Å². The van der Waals surface area contributed by atoms with Crippen LogP contribution in [0.5, 0.6) is 0 Å². The van der Waals surface area contributed by atoms with Crippen LogP contribution in [0.1, 0.15) is 48.0 Å². The molecule has 0 unspecified atom stereocenters. The smallest absolute Gasteiger partial charge is 0.256 e. The highest BCUT2D eigenvalue weighted by Crippen LogP contribution is 2.26. The van der Waals surface area contributed by atoms with Crippen molar-refractivity contribution >= 4 is 29.3 Å². The molecule has 4 nitrogen and oxygen atoms in total. The maximum absolute atomic E-state index is 14.0. The molecule has 0 radical (unpaired) electrons. The summed E-state index contributed by atoms with van der Waals surface area (Å²) in [5.74, 6) is -0.512. The van der Waals surface area contributed by atoms with Crippen LogP contribution in [-0.2, 0) is 4.79 Å². The number of hydrogen-bond donors (Lipinski definition) is 1. The zero-order valence-corrected chi connectivity index (χ0v) is 17.7. The fourth-order valence-electron chi connectivity index (χ4n) is 3.62. The molecule has 0 aromatic heterocycles. The van der Waals surface area contributed by atoms with Crippen molar-refractivity contribution in [3.05, 3.63) is 59.4 Å². The van der Waals surface area contributed by atoms with Crippen molar-refractivity contribution in [1.82, 2.24) is 4.90 Å². The molecule has 154 valence electrons. The first-order valence-electron chi connectivity index (χ1n) is 10.0. The zero-order valence-electron chi connectivity index (χ0n) is 16.9.